The first kappa shape index (κ1) is 15.7. The van der Waals surface area contributed by atoms with Crippen LogP contribution in [0.1, 0.15) is 15.9 Å². The van der Waals surface area contributed by atoms with E-state index < -0.39 is 0 Å². The van der Waals surface area contributed by atoms with Crippen molar-refractivity contribution in [1.82, 2.24) is 5.48 Å². The molecule has 20 heavy (non-hydrogen) atoms. The summed E-state index contributed by atoms with van der Waals surface area (Å²) >= 11 is 0. The summed E-state index contributed by atoms with van der Waals surface area (Å²) in [4.78, 5) is 14.9. The van der Waals surface area contributed by atoms with E-state index in [0.717, 1.165) is 6.54 Å². The average Bonchev–Trinajstić information content (AvgIpc) is 2.50. The normalized spacial score (nSPS) is 9.45. The van der Waals surface area contributed by atoms with Crippen molar-refractivity contribution in [2.45, 2.75) is 6.54 Å². The molecule has 0 saturated carbocycles. The number of rotatable bonds is 4. The minimum atomic E-state index is 0.359. The second-order valence-corrected chi connectivity index (χ2v) is 3.98. The van der Waals surface area contributed by atoms with E-state index in [2.05, 4.69) is 5.48 Å². The highest BCUT2D eigenvalue weighted by molar-refractivity contribution is 5.88. The molecule has 0 heterocycles. The molecule has 5 heteroatoms. The Hall–Kier alpha value is -2.37. The Bertz CT molecular complexity index is 530. The van der Waals surface area contributed by atoms with Crippen molar-refractivity contribution in [1.29, 1.82) is 0 Å². The van der Waals surface area contributed by atoms with Crippen LogP contribution < -0.4 is 16.9 Å². The second kappa shape index (κ2) is 8.68. The summed E-state index contributed by atoms with van der Waals surface area (Å²) in [6.07, 6.45) is 0.686. The van der Waals surface area contributed by atoms with Gasteiger partial charge < -0.3 is 16.3 Å². The van der Waals surface area contributed by atoms with E-state index in [0.29, 0.717) is 23.2 Å². The summed E-state index contributed by atoms with van der Waals surface area (Å²) in [5.41, 5.74) is 16.1. The molecule has 0 aliphatic heterocycles. The number of hydrogen-bond acceptors (Lipinski definition) is 5. The van der Waals surface area contributed by atoms with E-state index in [9.17, 15) is 4.79 Å². The largest absolute Gasteiger partial charge is 0.397 e. The molecule has 0 saturated heterocycles. The van der Waals surface area contributed by atoms with E-state index in [1.165, 1.54) is 5.56 Å². The number of hydroxylamine groups is 1. The third-order valence-corrected chi connectivity index (χ3v) is 2.56. The molecule has 0 fully saturated rings. The van der Waals surface area contributed by atoms with E-state index in [1.54, 1.807) is 25.3 Å². The van der Waals surface area contributed by atoms with Gasteiger partial charge in [-0.15, -0.1) is 0 Å². The number of para-hydroxylation sites is 1. The Morgan fingerprint density at radius 3 is 2.35 bits per heavy atom. The third kappa shape index (κ3) is 5.09. The second-order valence-electron chi connectivity index (χ2n) is 3.98. The Morgan fingerprint density at radius 1 is 1.10 bits per heavy atom. The number of nitrogens with one attached hydrogen (secondary N) is 1. The van der Waals surface area contributed by atoms with Gasteiger partial charge in [0, 0.05) is 12.1 Å². The molecule has 2 aromatic carbocycles. The molecule has 2 rings (SSSR count). The number of benzene rings is 2. The SMILES string of the molecule is CONCc1ccccc1.Nc1cccc(C=O)c1N. The zero-order valence-corrected chi connectivity index (χ0v) is 11.4. The van der Waals surface area contributed by atoms with Crippen molar-refractivity contribution in [3.05, 3.63) is 59.7 Å². The zero-order chi connectivity index (χ0) is 14.8. The average molecular weight is 273 g/mol. The quantitative estimate of drug-likeness (QED) is 0.450. The van der Waals surface area contributed by atoms with Crippen molar-refractivity contribution < 1.29 is 9.63 Å². The number of nitrogen functional groups attached to an aromatic ring is 2. The monoisotopic (exact) mass is 273 g/mol. The molecule has 0 spiro atoms. The molecule has 2 aromatic rings. The third-order valence-electron chi connectivity index (χ3n) is 2.56. The number of hydrogen-bond donors (Lipinski definition) is 3. The topological polar surface area (TPSA) is 90.4 Å². The van der Waals surface area contributed by atoms with Crippen molar-refractivity contribution in [3.63, 3.8) is 0 Å². The smallest absolute Gasteiger partial charge is 0.152 e. The molecule has 0 aromatic heterocycles. The molecule has 0 radical (unpaired) electrons. The van der Waals surface area contributed by atoms with Gasteiger partial charge in [0.15, 0.2) is 6.29 Å². The molecular formula is C15H19N3O2. The van der Waals surface area contributed by atoms with Gasteiger partial charge in [0.05, 0.1) is 18.5 Å². The van der Waals surface area contributed by atoms with Crippen molar-refractivity contribution >= 4 is 17.7 Å². The minimum absolute atomic E-state index is 0.359. The maximum absolute atomic E-state index is 10.2. The predicted molar refractivity (Wildman–Crippen MR) is 80.9 cm³/mol. The fourth-order valence-corrected chi connectivity index (χ4v) is 1.46. The molecule has 5 N–H and O–H groups in total. The standard InChI is InChI=1S/C8H11NO.C7H8N2O/c1-10-9-7-8-5-3-2-4-6-8;8-6-3-1-2-5(4-10)7(6)9/h2-6,9H,7H2,1H3;1-4H,8-9H2. The van der Waals surface area contributed by atoms with Crippen LogP contribution in [-0.2, 0) is 11.4 Å². The fraction of sp³-hybridized carbons (Fsp3) is 0.133. The van der Waals surface area contributed by atoms with Gasteiger partial charge >= 0.3 is 0 Å². The number of carbonyl (C=O) groups excluding carboxylic acids is 1. The van der Waals surface area contributed by atoms with Crippen molar-refractivity contribution in [3.8, 4) is 0 Å². The van der Waals surface area contributed by atoms with Crippen LogP contribution in [0.25, 0.3) is 0 Å². The van der Waals surface area contributed by atoms with Gasteiger partial charge in [-0.3, -0.25) is 4.79 Å². The van der Waals surface area contributed by atoms with Crippen LogP contribution in [0, 0.1) is 0 Å². The van der Waals surface area contributed by atoms with Gasteiger partial charge in [-0.1, -0.05) is 36.4 Å². The summed E-state index contributed by atoms with van der Waals surface area (Å²) in [6.45, 7) is 0.761. The summed E-state index contributed by atoms with van der Waals surface area (Å²) in [5.74, 6) is 0. The van der Waals surface area contributed by atoms with Crippen LogP contribution >= 0.6 is 0 Å². The molecule has 106 valence electrons. The maximum atomic E-state index is 10.2. The molecule has 0 aliphatic rings. The van der Waals surface area contributed by atoms with Gasteiger partial charge in [-0.2, -0.15) is 5.48 Å². The molecule has 0 amide bonds. The first-order valence-electron chi connectivity index (χ1n) is 6.08. The van der Waals surface area contributed by atoms with Crippen molar-refractivity contribution in [2.24, 2.45) is 0 Å². The molecular weight excluding hydrogens is 254 g/mol. The van der Waals surface area contributed by atoms with Crippen molar-refractivity contribution in [2.75, 3.05) is 18.6 Å². The van der Waals surface area contributed by atoms with E-state index in [4.69, 9.17) is 16.3 Å². The van der Waals surface area contributed by atoms with E-state index in [-0.39, 0.29) is 0 Å². The highest BCUT2D eigenvalue weighted by atomic mass is 16.6. The number of anilines is 2. The molecule has 0 unspecified atom stereocenters. The lowest BCUT2D eigenvalue weighted by atomic mass is 10.2. The molecule has 0 atom stereocenters. The van der Waals surface area contributed by atoms with Gasteiger partial charge in [-0.25, -0.2) is 0 Å². The minimum Gasteiger partial charge on any atom is -0.397 e. The fourth-order valence-electron chi connectivity index (χ4n) is 1.46. The first-order valence-corrected chi connectivity index (χ1v) is 6.08. The van der Waals surface area contributed by atoms with Gasteiger partial charge in [0.2, 0.25) is 0 Å². The van der Waals surface area contributed by atoms with Crippen LogP contribution in [0.3, 0.4) is 0 Å². The van der Waals surface area contributed by atoms with Gasteiger partial charge in [-0.05, 0) is 17.7 Å². The maximum Gasteiger partial charge on any atom is 0.152 e. The number of aldehydes is 1. The first-order chi connectivity index (χ1) is 9.69. The predicted octanol–water partition coefficient (Wildman–Crippen LogP) is 2.00. The Balaban J connectivity index is 0.000000200. The van der Waals surface area contributed by atoms with Crippen LogP contribution in [0.4, 0.5) is 11.4 Å². The number of carbonyl (C=O) groups is 1. The molecule has 0 aliphatic carbocycles. The van der Waals surface area contributed by atoms with Gasteiger partial charge in [0.1, 0.15) is 0 Å². The summed E-state index contributed by atoms with van der Waals surface area (Å²) in [6, 6.07) is 15.1. The lowest BCUT2D eigenvalue weighted by Gasteiger charge is -1.99. The highest BCUT2D eigenvalue weighted by Gasteiger charge is 1.98. The molecule has 5 nitrogen and oxygen atoms in total. The molecule has 0 bridgehead atoms. The van der Waals surface area contributed by atoms with Gasteiger partial charge in [0.25, 0.3) is 0 Å². The summed E-state index contributed by atoms with van der Waals surface area (Å²) in [7, 11) is 1.61. The Kier molecular flexibility index (Phi) is 6.81. The Morgan fingerprint density at radius 2 is 1.80 bits per heavy atom. The lowest BCUT2D eigenvalue weighted by Crippen LogP contribution is -2.10. The summed E-state index contributed by atoms with van der Waals surface area (Å²) < 4.78 is 0. The summed E-state index contributed by atoms with van der Waals surface area (Å²) in [5, 5.41) is 0. The Labute approximate surface area is 118 Å². The van der Waals surface area contributed by atoms with Crippen LogP contribution in [-0.4, -0.2) is 13.4 Å². The number of nitrogens with two attached hydrogens (primary N) is 2. The zero-order valence-electron chi connectivity index (χ0n) is 11.4. The van der Waals surface area contributed by atoms with Crippen LogP contribution in [0.5, 0.6) is 0 Å². The lowest BCUT2D eigenvalue weighted by molar-refractivity contribution is 0.0867. The van der Waals surface area contributed by atoms with Crippen LogP contribution in [0.15, 0.2) is 48.5 Å². The highest BCUT2D eigenvalue weighted by Crippen LogP contribution is 2.16. The van der Waals surface area contributed by atoms with E-state index in [1.807, 2.05) is 30.3 Å². The van der Waals surface area contributed by atoms with Crippen LogP contribution in [0.2, 0.25) is 0 Å². The van der Waals surface area contributed by atoms with E-state index >= 15 is 0 Å².